The molecule has 3 aromatic heterocycles. The summed E-state index contributed by atoms with van der Waals surface area (Å²) in [5.41, 5.74) is 0.685. The first-order valence-corrected chi connectivity index (χ1v) is 11.5. The van der Waals surface area contributed by atoms with Crippen molar-refractivity contribution >= 4 is 34.6 Å². The Morgan fingerprint density at radius 1 is 1.37 bits per heavy atom. The van der Waals surface area contributed by atoms with Crippen LogP contribution in [-0.2, 0) is 17.7 Å². The summed E-state index contributed by atoms with van der Waals surface area (Å²) in [5.74, 6) is 1.28. The zero-order valence-corrected chi connectivity index (χ0v) is 18.9. The highest BCUT2D eigenvalue weighted by molar-refractivity contribution is 7.13. The van der Waals surface area contributed by atoms with Crippen LogP contribution in [0, 0.1) is 6.92 Å². The fourth-order valence-corrected chi connectivity index (χ4v) is 4.32. The number of ether oxygens (including phenoxy) is 1. The zero-order chi connectivity index (χ0) is 21.3. The quantitative estimate of drug-likeness (QED) is 0.289. The maximum absolute atomic E-state index is 12.1. The average molecular weight is 447 g/mol. The largest absolute Gasteiger partial charge is 0.469 e. The van der Waals surface area contributed by atoms with Crippen molar-refractivity contribution in [2.24, 2.45) is 4.99 Å². The molecule has 3 rings (SSSR count). The van der Waals surface area contributed by atoms with Gasteiger partial charge >= 0.3 is 5.97 Å². The molecular formula is C21H26N4O3S2. The maximum atomic E-state index is 12.1. The van der Waals surface area contributed by atoms with Gasteiger partial charge in [0.2, 0.25) is 0 Å². The first-order valence-electron chi connectivity index (χ1n) is 9.81. The molecule has 0 amide bonds. The van der Waals surface area contributed by atoms with E-state index in [1.807, 2.05) is 37.4 Å². The van der Waals surface area contributed by atoms with Crippen LogP contribution in [-0.4, -0.2) is 30.1 Å². The SMILES string of the molecule is CCOC(=O)c1sc(C(C)NC(=NCc2cccs2)NCCc2ccco2)nc1C. The van der Waals surface area contributed by atoms with E-state index in [0.717, 1.165) is 17.2 Å². The van der Waals surface area contributed by atoms with Gasteiger partial charge in [-0.25, -0.2) is 14.8 Å². The van der Waals surface area contributed by atoms with Crippen molar-refractivity contribution in [3.05, 3.63) is 62.1 Å². The topological polar surface area (TPSA) is 88.8 Å². The summed E-state index contributed by atoms with van der Waals surface area (Å²) in [7, 11) is 0. The van der Waals surface area contributed by atoms with Gasteiger partial charge in [0.15, 0.2) is 5.96 Å². The van der Waals surface area contributed by atoms with E-state index in [1.165, 1.54) is 16.2 Å². The number of guanidine groups is 1. The lowest BCUT2D eigenvalue weighted by Gasteiger charge is -2.16. The van der Waals surface area contributed by atoms with E-state index in [0.29, 0.717) is 36.2 Å². The highest BCUT2D eigenvalue weighted by atomic mass is 32.1. The molecule has 3 heterocycles. The van der Waals surface area contributed by atoms with Crippen LogP contribution >= 0.6 is 22.7 Å². The molecule has 30 heavy (non-hydrogen) atoms. The van der Waals surface area contributed by atoms with E-state index in [9.17, 15) is 4.79 Å². The highest BCUT2D eigenvalue weighted by Gasteiger charge is 2.20. The number of thiophene rings is 1. The number of nitrogens with one attached hydrogen (secondary N) is 2. The van der Waals surface area contributed by atoms with Crippen molar-refractivity contribution in [1.29, 1.82) is 0 Å². The number of aliphatic imine (C=N–C) groups is 1. The smallest absolute Gasteiger partial charge is 0.350 e. The molecule has 0 aliphatic carbocycles. The van der Waals surface area contributed by atoms with Crippen LogP contribution in [0.4, 0.5) is 0 Å². The normalized spacial score (nSPS) is 12.6. The van der Waals surface area contributed by atoms with E-state index in [1.54, 1.807) is 24.5 Å². The standard InChI is InChI=1S/C21H26N4O3S2/c1-4-27-20(26)18-14(2)24-19(30-18)15(3)25-21(23-13-17-8-6-12-29-17)22-10-9-16-7-5-11-28-16/h5-8,11-12,15H,4,9-10,13H2,1-3H3,(H2,22,23,25). The van der Waals surface area contributed by atoms with Crippen LogP contribution in [0.15, 0.2) is 45.3 Å². The monoisotopic (exact) mass is 446 g/mol. The molecule has 2 N–H and O–H groups in total. The lowest BCUT2D eigenvalue weighted by molar-refractivity contribution is 0.0531. The van der Waals surface area contributed by atoms with Gasteiger partial charge in [0.05, 0.1) is 31.2 Å². The number of aryl methyl sites for hydroxylation is 1. The summed E-state index contributed by atoms with van der Waals surface area (Å²) in [6, 6.07) is 7.80. The second-order valence-corrected chi connectivity index (χ2v) is 8.62. The molecule has 1 unspecified atom stereocenters. The summed E-state index contributed by atoms with van der Waals surface area (Å²) in [6.07, 6.45) is 2.43. The van der Waals surface area contributed by atoms with Gasteiger partial charge in [-0.2, -0.15) is 0 Å². The molecular weight excluding hydrogens is 420 g/mol. The summed E-state index contributed by atoms with van der Waals surface area (Å²) in [6.45, 7) is 7.24. The van der Waals surface area contributed by atoms with Crippen molar-refractivity contribution < 1.29 is 13.9 Å². The third-order valence-electron chi connectivity index (χ3n) is 4.21. The van der Waals surface area contributed by atoms with Crippen LogP contribution < -0.4 is 10.6 Å². The summed E-state index contributed by atoms with van der Waals surface area (Å²) >= 11 is 3.03. The second kappa shape index (κ2) is 10.9. The van der Waals surface area contributed by atoms with Crippen LogP contribution in [0.1, 0.15) is 50.9 Å². The number of hydrogen-bond acceptors (Lipinski definition) is 7. The molecule has 0 aliphatic rings. The molecule has 1 atom stereocenters. The van der Waals surface area contributed by atoms with Gasteiger partial charge < -0.3 is 19.8 Å². The Kier molecular flexibility index (Phi) is 8.04. The van der Waals surface area contributed by atoms with E-state index in [4.69, 9.17) is 14.1 Å². The third kappa shape index (κ3) is 6.17. The number of aromatic nitrogens is 1. The fourth-order valence-electron chi connectivity index (χ4n) is 2.73. The second-order valence-electron chi connectivity index (χ2n) is 6.55. The summed E-state index contributed by atoms with van der Waals surface area (Å²) in [4.78, 5) is 23.1. The van der Waals surface area contributed by atoms with Crippen molar-refractivity contribution in [2.45, 2.75) is 39.8 Å². The number of thiazole rings is 1. The van der Waals surface area contributed by atoms with Crippen molar-refractivity contribution in [1.82, 2.24) is 15.6 Å². The van der Waals surface area contributed by atoms with Gasteiger partial charge in [-0.15, -0.1) is 22.7 Å². The number of carbonyl (C=O) groups excluding carboxylic acids is 1. The molecule has 3 aromatic rings. The van der Waals surface area contributed by atoms with Gasteiger partial charge in [-0.3, -0.25) is 0 Å². The molecule has 0 radical (unpaired) electrons. The third-order valence-corrected chi connectivity index (χ3v) is 6.40. The molecule has 0 aromatic carbocycles. The maximum Gasteiger partial charge on any atom is 0.350 e. The van der Waals surface area contributed by atoms with Crippen LogP contribution in [0.3, 0.4) is 0 Å². The lowest BCUT2D eigenvalue weighted by atomic mass is 10.3. The number of furan rings is 1. The number of hydrogen-bond donors (Lipinski definition) is 2. The van der Waals surface area contributed by atoms with Crippen molar-refractivity contribution in [2.75, 3.05) is 13.2 Å². The Bertz CT molecular complexity index is 949. The average Bonchev–Trinajstić information content (AvgIpc) is 3.48. The molecule has 160 valence electrons. The fraction of sp³-hybridized carbons (Fsp3) is 0.381. The number of nitrogens with zero attached hydrogens (tertiary/aromatic N) is 2. The van der Waals surface area contributed by atoms with Crippen LogP contribution in [0.5, 0.6) is 0 Å². The number of esters is 1. The van der Waals surface area contributed by atoms with Gasteiger partial charge in [-0.05, 0) is 44.4 Å². The zero-order valence-electron chi connectivity index (χ0n) is 17.3. The van der Waals surface area contributed by atoms with E-state index >= 15 is 0 Å². The molecule has 7 nitrogen and oxygen atoms in total. The van der Waals surface area contributed by atoms with Gasteiger partial charge in [0.1, 0.15) is 15.6 Å². The first kappa shape index (κ1) is 22.0. The molecule has 0 bridgehead atoms. The predicted molar refractivity (Wildman–Crippen MR) is 120 cm³/mol. The molecule has 0 fully saturated rings. The Morgan fingerprint density at radius 2 is 2.23 bits per heavy atom. The van der Waals surface area contributed by atoms with Gasteiger partial charge in [0, 0.05) is 17.8 Å². The lowest BCUT2D eigenvalue weighted by Crippen LogP contribution is -2.39. The minimum atomic E-state index is -0.325. The van der Waals surface area contributed by atoms with Crippen LogP contribution in [0.2, 0.25) is 0 Å². The Morgan fingerprint density at radius 3 is 2.93 bits per heavy atom. The molecule has 9 heteroatoms. The number of carbonyl (C=O) groups is 1. The molecule has 0 aliphatic heterocycles. The Labute approximate surface area is 184 Å². The van der Waals surface area contributed by atoms with Crippen molar-refractivity contribution in [3.8, 4) is 0 Å². The van der Waals surface area contributed by atoms with Crippen LogP contribution in [0.25, 0.3) is 0 Å². The summed E-state index contributed by atoms with van der Waals surface area (Å²) < 4.78 is 10.5. The Hall–Kier alpha value is -2.65. The minimum absolute atomic E-state index is 0.116. The summed E-state index contributed by atoms with van der Waals surface area (Å²) in [5, 5.41) is 9.60. The molecule has 0 saturated heterocycles. The van der Waals surface area contributed by atoms with E-state index < -0.39 is 0 Å². The highest BCUT2D eigenvalue weighted by Crippen LogP contribution is 2.24. The van der Waals surface area contributed by atoms with E-state index in [2.05, 4.69) is 21.7 Å². The first-order chi connectivity index (χ1) is 14.6. The molecule has 0 spiro atoms. The van der Waals surface area contributed by atoms with Gasteiger partial charge in [0.25, 0.3) is 0 Å². The van der Waals surface area contributed by atoms with Crippen molar-refractivity contribution in [3.63, 3.8) is 0 Å². The minimum Gasteiger partial charge on any atom is -0.469 e. The number of rotatable bonds is 9. The predicted octanol–water partition coefficient (Wildman–Crippen LogP) is 4.32. The Balaban J connectivity index is 1.67. The van der Waals surface area contributed by atoms with Gasteiger partial charge in [-0.1, -0.05) is 6.07 Å². The van der Waals surface area contributed by atoms with E-state index in [-0.39, 0.29) is 12.0 Å². The molecule has 0 saturated carbocycles.